The van der Waals surface area contributed by atoms with Gasteiger partial charge >= 0.3 is 0 Å². The molecule has 86 valence electrons. The highest BCUT2D eigenvalue weighted by molar-refractivity contribution is 7.15. The molecule has 3 nitrogen and oxygen atoms in total. The fourth-order valence-corrected chi connectivity index (χ4v) is 3.14. The SMILES string of the molecule is Cc1nc2scc(C)n2c1CNC1CC1C. The second-order valence-corrected chi connectivity index (χ2v) is 5.68. The molecular weight excluding hydrogens is 218 g/mol. The standard InChI is InChI=1S/C12H17N3S/c1-7-4-10(7)13-5-11-9(3)14-12-15(11)8(2)6-16-12/h6-7,10,13H,4-5H2,1-3H3. The fraction of sp³-hybridized carbons (Fsp3) is 0.583. The Kier molecular flexibility index (Phi) is 2.30. The first-order valence-corrected chi connectivity index (χ1v) is 6.70. The molecule has 1 aliphatic carbocycles. The predicted octanol–water partition coefficient (Wildman–Crippen LogP) is 2.51. The van der Waals surface area contributed by atoms with Crippen LogP contribution in [0.5, 0.6) is 0 Å². The summed E-state index contributed by atoms with van der Waals surface area (Å²) in [4.78, 5) is 5.71. The molecule has 2 heterocycles. The van der Waals surface area contributed by atoms with Crippen LogP contribution < -0.4 is 5.32 Å². The lowest BCUT2D eigenvalue weighted by molar-refractivity contribution is 0.636. The van der Waals surface area contributed by atoms with Gasteiger partial charge in [0.25, 0.3) is 0 Å². The molecule has 1 aliphatic rings. The Bertz CT molecular complexity index is 526. The number of aromatic nitrogens is 2. The van der Waals surface area contributed by atoms with Gasteiger partial charge in [0.15, 0.2) is 4.96 Å². The van der Waals surface area contributed by atoms with Gasteiger partial charge in [-0.15, -0.1) is 11.3 Å². The van der Waals surface area contributed by atoms with Crippen molar-refractivity contribution >= 4 is 16.3 Å². The second-order valence-electron chi connectivity index (χ2n) is 4.84. The van der Waals surface area contributed by atoms with E-state index in [4.69, 9.17) is 0 Å². The summed E-state index contributed by atoms with van der Waals surface area (Å²) in [7, 11) is 0. The van der Waals surface area contributed by atoms with Gasteiger partial charge in [-0.1, -0.05) is 6.92 Å². The maximum absolute atomic E-state index is 4.59. The summed E-state index contributed by atoms with van der Waals surface area (Å²) in [5, 5.41) is 5.77. The van der Waals surface area contributed by atoms with E-state index < -0.39 is 0 Å². The van der Waals surface area contributed by atoms with Gasteiger partial charge in [0.05, 0.1) is 11.4 Å². The number of fused-ring (bicyclic) bond motifs is 1. The first kappa shape index (κ1) is 10.3. The number of hydrogen-bond donors (Lipinski definition) is 1. The molecule has 2 atom stereocenters. The summed E-state index contributed by atoms with van der Waals surface area (Å²) in [6, 6.07) is 0.726. The highest BCUT2D eigenvalue weighted by atomic mass is 32.1. The summed E-state index contributed by atoms with van der Waals surface area (Å²) in [6.45, 7) is 7.49. The molecule has 16 heavy (non-hydrogen) atoms. The fourth-order valence-electron chi connectivity index (χ4n) is 2.21. The number of hydrogen-bond acceptors (Lipinski definition) is 3. The molecular formula is C12H17N3S. The van der Waals surface area contributed by atoms with Crippen molar-refractivity contribution < 1.29 is 0 Å². The van der Waals surface area contributed by atoms with Gasteiger partial charge in [0.1, 0.15) is 0 Å². The van der Waals surface area contributed by atoms with Crippen molar-refractivity contribution in [1.29, 1.82) is 0 Å². The molecule has 2 aromatic heterocycles. The Morgan fingerprint density at radius 1 is 1.56 bits per heavy atom. The quantitative estimate of drug-likeness (QED) is 0.885. The van der Waals surface area contributed by atoms with E-state index in [1.165, 1.54) is 17.8 Å². The van der Waals surface area contributed by atoms with Crippen molar-refractivity contribution in [1.82, 2.24) is 14.7 Å². The van der Waals surface area contributed by atoms with Crippen LogP contribution in [0.2, 0.25) is 0 Å². The van der Waals surface area contributed by atoms with Gasteiger partial charge in [-0.05, 0) is 26.2 Å². The Balaban J connectivity index is 1.88. The third-order valence-corrected chi connectivity index (χ3v) is 4.41. The van der Waals surface area contributed by atoms with Crippen molar-refractivity contribution in [3.8, 4) is 0 Å². The van der Waals surface area contributed by atoms with E-state index in [1.54, 1.807) is 11.3 Å². The summed E-state index contributed by atoms with van der Waals surface area (Å²) < 4.78 is 2.28. The van der Waals surface area contributed by atoms with Gasteiger partial charge in [0, 0.05) is 23.7 Å². The zero-order valence-corrected chi connectivity index (χ0v) is 10.8. The number of aryl methyl sites for hydroxylation is 2. The molecule has 1 N–H and O–H groups in total. The minimum Gasteiger partial charge on any atom is -0.308 e. The van der Waals surface area contributed by atoms with E-state index in [2.05, 4.69) is 40.9 Å². The average molecular weight is 235 g/mol. The topological polar surface area (TPSA) is 29.3 Å². The highest BCUT2D eigenvalue weighted by Crippen LogP contribution is 2.29. The van der Waals surface area contributed by atoms with Gasteiger partial charge < -0.3 is 5.32 Å². The molecule has 0 amide bonds. The summed E-state index contributed by atoms with van der Waals surface area (Å²) in [5.74, 6) is 0.854. The Morgan fingerprint density at radius 3 is 3.00 bits per heavy atom. The molecule has 1 saturated carbocycles. The highest BCUT2D eigenvalue weighted by Gasteiger charge is 2.32. The van der Waals surface area contributed by atoms with Crippen LogP contribution in [-0.2, 0) is 6.54 Å². The van der Waals surface area contributed by atoms with Gasteiger partial charge in [-0.3, -0.25) is 4.40 Å². The van der Waals surface area contributed by atoms with Gasteiger partial charge in [-0.2, -0.15) is 0 Å². The molecule has 0 spiro atoms. The van der Waals surface area contributed by atoms with Gasteiger partial charge in [0.2, 0.25) is 0 Å². The van der Waals surface area contributed by atoms with Crippen LogP contribution in [-0.4, -0.2) is 15.4 Å². The minimum absolute atomic E-state index is 0.726. The second kappa shape index (κ2) is 3.57. The van der Waals surface area contributed by atoms with Crippen LogP contribution in [0.3, 0.4) is 0 Å². The number of nitrogens with one attached hydrogen (secondary N) is 1. The Hall–Kier alpha value is -0.870. The molecule has 3 rings (SSSR count). The molecule has 4 heteroatoms. The number of nitrogens with zero attached hydrogens (tertiary/aromatic N) is 2. The molecule has 0 aromatic carbocycles. The Morgan fingerprint density at radius 2 is 2.31 bits per heavy atom. The van der Waals surface area contributed by atoms with Crippen molar-refractivity contribution in [2.75, 3.05) is 0 Å². The number of imidazole rings is 1. The van der Waals surface area contributed by atoms with Crippen molar-refractivity contribution in [2.45, 2.75) is 39.8 Å². The third kappa shape index (κ3) is 1.57. The van der Waals surface area contributed by atoms with E-state index in [0.29, 0.717) is 0 Å². The van der Waals surface area contributed by atoms with Crippen LogP contribution in [0.15, 0.2) is 5.38 Å². The van der Waals surface area contributed by atoms with Crippen molar-refractivity contribution in [3.63, 3.8) is 0 Å². The van der Waals surface area contributed by atoms with Crippen LogP contribution >= 0.6 is 11.3 Å². The zero-order chi connectivity index (χ0) is 11.3. The van der Waals surface area contributed by atoms with Crippen LogP contribution in [0.1, 0.15) is 30.4 Å². The summed E-state index contributed by atoms with van der Waals surface area (Å²) >= 11 is 1.72. The molecule has 2 aromatic rings. The lowest BCUT2D eigenvalue weighted by Crippen LogP contribution is -2.18. The largest absolute Gasteiger partial charge is 0.308 e. The minimum atomic E-state index is 0.726. The van der Waals surface area contributed by atoms with E-state index in [-0.39, 0.29) is 0 Å². The van der Waals surface area contributed by atoms with E-state index in [9.17, 15) is 0 Å². The van der Waals surface area contributed by atoms with Crippen molar-refractivity contribution in [2.24, 2.45) is 5.92 Å². The third-order valence-electron chi connectivity index (χ3n) is 3.47. The summed E-state index contributed by atoms with van der Waals surface area (Å²) in [5.41, 5.74) is 3.78. The van der Waals surface area contributed by atoms with E-state index in [1.807, 2.05) is 0 Å². The molecule has 1 fully saturated rings. The van der Waals surface area contributed by atoms with E-state index in [0.717, 1.165) is 29.2 Å². The zero-order valence-electron chi connectivity index (χ0n) is 9.95. The van der Waals surface area contributed by atoms with Crippen LogP contribution in [0.4, 0.5) is 0 Å². The predicted molar refractivity (Wildman–Crippen MR) is 67.0 cm³/mol. The van der Waals surface area contributed by atoms with Crippen LogP contribution in [0, 0.1) is 19.8 Å². The maximum atomic E-state index is 4.59. The van der Waals surface area contributed by atoms with Gasteiger partial charge in [-0.25, -0.2) is 4.98 Å². The van der Waals surface area contributed by atoms with Crippen molar-refractivity contribution in [3.05, 3.63) is 22.5 Å². The lowest BCUT2D eigenvalue weighted by Gasteiger charge is -2.04. The molecule has 0 radical (unpaired) electrons. The first-order valence-electron chi connectivity index (χ1n) is 5.82. The van der Waals surface area contributed by atoms with E-state index >= 15 is 0 Å². The average Bonchev–Trinajstić information content (AvgIpc) is 2.68. The molecule has 2 unspecified atom stereocenters. The molecule has 0 bridgehead atoms. The molecule has 0 aliphatic heterocycles. The summed E-state index contributed by atoms with van der Waals surface area (Å²) in [6.07, 6.45) is 1.32. The lowest BCUT2D eigenvalue weighted by atomic mass is 10.3. The normalized spacial score (nSPS) is 24.2. The number of thiazole rings is 1. The Labute approximate surface area is 99.5 Å². The smallest absolute Gasteiger partial charge is 0.194 e. The monoisotopic (exact) mass is 235 g/mol. The number of rotatable bonds is 3. The molecule has 0 saturated heterocycles. The van der Waals surface area contributed by atoms with Crippen LogP contribution in [0.25, 0.3) is 4.96 Å². The maximum Gasteiger partial charge on any atom is 0.194 e. The first-order chi connectivity index (χ1) is 7.66.